The van der Waals surface area contributed by atoms with Crippen molar-refractivity contribution in [3.8, 4) is 6.07 Å². The summed E-state index contributed by atoms with van der Waals surface area (Å²) in [5.74, 6) is -0.315. The van der Waals surface area contributed by atoms with Crippen LogP contribution in [0.15, 0.2) is 42.0 Å². The second-order valence-corrected chi connectivity index (χ2v) is 7.24. The molecule has 2 unspecified atom stereocenters. The lowest BCUT2D eigenvalue weighted by molar-refractivity contribution is -0.115. The molecule has 3 rings (SSSR count). The molecule has 2 aromatic carbocycles. The van der Waals surface area contributed by atoms with E-state index < -0.39 is 6.10 Å². The number of benzene rings is 2. The number of nitriles is 1. The third-order valence-corrected chi connectivity index (χ3v) is 5.47. The molecule has 1 heterocycles. The van der Waals surface area contributed by atoms with E-state index in [2.05, 4.69) is 24.0 Å². The standard InChI is InChI=1S/C23H26N2O3/c1-2-19-11-12-25(19)23-17(8-7-16-5-3-4-6-21(16)23)13-18(14-24)22(28)10-9-20(27)15-26/h3-8,13,19-20,26-27H,2,9-12,15H2,1H3/b18-13+. The molecule has 1 saturated heterocycles. The van der Waals surface area contributed by atoms with Crippen LogP contribution in [0.5, 0.6) is 0 Å². The number of hydrogen-bond acceptors (Lipinski definition) is 5. The van der Waals surface area contributed by atoms with E-state index in [1.54, 1.807) is 6.08 Å². The van der Waals surface area contributed by atoms with Gasteiger partial charge in [0.15, 0.2) is 5.78 Å². The maximum Gasteiger partial charge on any atom is 0.173 e. The maximum absolute atomic E-state index is 12.5. The molecule has 0 bridgehead atoms. The predicted octanol–water partition coefficient (Wildman–Crippen LogP) is 3.44. The van der Waals surface area contributed by atoms with E-state index in [0.717, 1.165) is 41.4 Å². The predicted molar refractivity (Wildman–Crippen MR) is 111 cm³/mol. The van der Waals surface area contributed by atoms with Crippen molar-refractivity contribution in [3.63, 3.8) is 0 Å². The van der Waals surface area contributed by atoms with Crippen LogP contribution in [0.3, 0.4) is 0 Å². The van der Waals surface area contributed by atoms with Crippen LogP contribution in [0.2, 0.25) is 0 Å². The number of Topliss-reactive ketones (excluding diaryl/α,β-unsaturated/α-hetero) is 1. The van der Waals surface area contributed by atoms with Crippen molar-refractivity contribution >= 4 is 28.3 Å². The molecule has 2 atom stereocenters. The molecule has 1 aliphatic rings. The molecule has 0 saturated carbocycles. The van der Waals surface area contributed by atoms with Gasteiger partial charge < -0.3 is 15.1 Å². The Kier molecular flexibility index (Phi) is 6.45. The van der Waals surface area contributed by atoms with Gasteiger partial charge in [0.1, 0.15) is 6.07 Å². The topological polar surface area (TPSA) is 84.6 Å². The van der Waals surface area contributed by atoms with Crippen molar-refractivity contribution in [3.05, 3.63) is 47.5 Å². The van der Waals surface area contributed by atoms with E-state index in [4.69, 9.17) is 5.11 Å². The summed E-state index contributed by atoms with van der Waals surface area (Å²) in [5, 5.41) is 30.2. The minimum absolute atomic E-state index is 0.0331. The molecule has 1 aliphatic heterocycles. The van der Waals surface area contributed by atoms with E-state index in [9.17, 15) is 15.2 Å². The smallest absolute Gasteiger partial charge is 0.173 e. The Morgan fingerprint density at radius 1 is 1.36 bits per heavy atom. The van der Waals surface area contributed by atoms with E-state index >= 15 is 0 Å². The zero-order valence-corrected chi connectivity index (χ0v) is 16.1. The third-order valence-electron chi connectivity index (χ3n) is 5.47. The van der Waals surface area contributed by atoms with Gasteiger partial charge in [-0.3, -0.25) is 4.79 Å². The van der Waals surface area contributed by atoms with Gasteiger partial charge in [-0.2, -0.15) is 5.26 Å². The van der Waals surface area contributed by atoms with Gasteiger partial charge in [-0.15, -0.1) is 0 Å². The number of carbonyl (C=O) groups is 1. The summed E-state index contributed by atoms with van der Waals surface area (Å²) in [6.45, 7) is 2.75. The van der Waals surface area contributed by atoms with E-state index in [1.165, 1.54) is 0 Å². The van der Waals surface area contributed by atoms with Gasteiger partial charge >= 0.3 is 0 Å². The molecule has 5 nitrogen and oxygen atoms in total. The molecule has 2 aromatic rings. The fourth-order valence-corrected chi connectivity index (χ4v) is 3.72. The van der Waals surface area contributed by atoms with E-state index in [-0.39, 0.29) is 30.8 Å². The van der Waals surface area contributed by atoms with Crippen molar-refractivity contribution in [1.82, 2.24) is 0 Å². The molecule has 0 radical (unpaired) electrons. The molecule has 146 valence electrons. The number of fused-ring (bicyclic) bond motifs is 1. The number of hydrogen-bond donors (Lipinski definition) is 2. The lowest BCUT2D eigenvalue weighted by atomic mass is 9.93. The zero-order chi connectivity index (χ0) is 20.1. The van der Waals surface area contributed by atoms with Gasteiger partial charge in [0, 0.05) is 24.4 Å². The number of anilines is 1. The summed E-state index contributed by atoms with van der Waals surface area (Å²) < 4.78 is 0. The molecule has 0 amide bonds. The van der Waals surface area contributed by atoms with Gasteiger partial charge in [-0.1, -0.05) is 43.3 Å². The monoisotopic (exact) mass is 378 g/mol. The number of nitrogens with zero attached hydrogens (tertiary/aromatic N) is 2. The van der Waals surface area contributed by atoms with E-state index in [0.29, 0.717) is 6.04 Å². The Labute approximate surface area is 165 Å². The van der Waals surface area contributed by atoms with Crippen LogP contribution >= 0.6 is 0 Å². The van der Waals surface area contributed by atoms with E-state index in [1.807, 2.05) is 30.3 Å². The van der Waals surface area contributed by atoms with Crippen molar-refractivity contribution < 1.29 is 15.0 Å². The summed E-state index contributed by atoms with van der Waals surface area (Å²) in [7, 11) is 0. The first kappa shape index (κ1) is 20.1. The molecule has 0 aromatic heterocycles. The summed E-state index contributed by atoms with van der Waals surface area (Å²) >= 11 is 0. The first-order valence-corrected chi connectivity index (χ1v) is 9.81. The second-order valence-electron chi connectivity index (χ2n) is 7.24. The highest BCUT2D eigenvalue weighted by molar-refractivity contribution is 6.06. The van der Waals surface area contributed by atoms with Gasteiger partial charge in [0.2, 0.25) is 0 Å². The molecule has 0 spiro atoms. The number of ketones is 1. The lowest BCUT2D eigenvalue weighted by Crippen LogP contribution is -2.47. The Bertz CT molecular complexity index is 927. The molecule has 1 fully saturated rings. The number of carbonyl (C=O) groups excluding carboxylic acids is 1. The van der Waals surface area contributed by atoms with Gasteiger partial charge in [0.25, 0.3) is 0 Å². The Balaban J connectivity index is 2.00. The van der Waals surface area contributed by atoms with Crippen LogP contribution in [-0.4, -0.2) is 41.3 Å². The van der Waals surface area contributed by atoms with Gasteiger partial charge in [-0.25, -0.2) is 0 Å². The molecule has 5 heteroatoms. The number of aliphatic hydroxyl groups excluding tert-OH is 2. The summed E-state index contributed by atoms with van der Waals surface area (Å²) in [6, 6.07) is 14.6. The molecule has 2 N–H and O–H groups in total. The van der Waals surface area contributed by atoms with Crippen LogP contribution in [0.1, 0.15) is 38.2 Å². The Morgan fingerprint density at radius 2 is 2.14 bits per heavy atom. The quantitative estimate of drug-likeness (QED) is 0.543. The van der Waals surface area contributed by atoms with Crippen LogP contribution in [0.25, 0.3) is 16.8 Å². The van der Waals surface area contributed by atoms with Crippen LogP contribution in [0.4, 0.5) is 5.69 Å². The first-order valence-electron chi connectivity index (χ1n) is 9.81. The fraction of sp³-hybridized carbons (Fsp3) is 0.391. The van der Waals surface area contributed by atoms with Crippen molar-refractivity contribution in [2.75, 3.05) is 18.1 Å². The van der Waals surface area contributed by atoms with Crippen LogP contribution in [0, 0.1) is 11.3 Å². The molecule has 0 aliphatic carbocycles. The lowest BCUT2D eigenvalue weighted by Gasteiger charge is -2.44. The average molecular weight is 378 g/mol. The average Bonchev–Trinajstić information content (AvgIpc) is 2.70. The van der Waals surface area contributed by atoms with Crippen molar-refractivity contribution in [2.24, 2.45) is 0 Å². The highest BCUT2D eigenvalue weighted by atomic mass is 16.3. The zero-order valence-electron chi connectivity index (χ0n) is 16.1. The normalized spacial score (nSPS) is 17.9. The van der Waals surface area contributed by atoms with Crippen LogP contribution in [-0.2, 0) is 4.79 Å². The highest BCUT2D eigenvalue weighted by Gasteiger charge is 2.29. The number of aliphatic hydroxyl groups is 2. The van der Waals surface area contributed by atoms with Gasteiger partial charge in [-0.05, 0) is 36.3 Å². The summed E-state index contributed by atoms with van der Waals surface area (Å²) in [5.41, 5.74) is 2.02. The van der Waals surface area contributed by atoms with Crippen LogP contribution < -0.4 is 4.90 Å². The maximum atomic E-state index is 12.5. The first-order chi connectivity index (χ1) is 13.6. The summed E-state index contributed by atoms with van der Waals surface area (Å²) in [4.78, 5) is 14.8. The van der Waals surface area contributed by atoms with Crippen molar-refractivity contribution in [1.29, 1.82) is 5.26 Å². The molecule has 28 heavy (non-hydrogen) atoms. The number of allylic oxidation sites excluding steroid dienone is 1. The highest BCUT2D eigenvalue weighted by Crippen LogP contribution is 2.38. The fourth-order valence-electron chi connectivity index (χ4n) is 3.72. The number of rotatable bonds is 8. The third kappa shape index (κ3) is 4.09. The largest absolute Gasteiger partial charge is 0.394 e. The molecular formula is C23H26N2O3. The molecular weight excluding hydrogens is 352 g/mol. The Hall–Kier alpha value is -2.68. The Morgan fingerprint density at radius 3 is 2.79 bits per heavy atom. The van der Waals surface area contributed by atoms with Gasteiger partial charge in [0.05, 0.1) is 24.0 Å². The minimum atomic E-state index is -0.938. The minimum Gasteiger partial charge on any atom is -0.394 e. The second kappa shape index (κ2) is 9.01. The van der Waals surface area contributed by atoms with Crippen molar-refractivity contribution in [2.45, 2.75) is 44.8 Å². The SMILES string of the molecule is CCC1CCN1c1c(/C=C(\C#N)C(=O)CCC(O)CO)ccc2ccccc12. The summed E-state index contributed by atoms with van der Waals surface area (Å²) in [6.07, 6.45) is 3.10.